The normalized spacial score (nSPS) is 10.3. The fourth-order valence-corrected chi connectivity index (χ4v) is 1.33. The average Bonchev–Trinajstić information content (AvgIpc) is 2.23. The number of aryl methyl sites for hydroxylation is 1. The van der Waals surface area contributed by atoms with Crippen LogP contribution in [0.3, 0.4) is 0 Å². The van der Waals surface area contributed by atoms with Gasteiger partial charge in [-0.15, -0.1) is 0 Å². The van der Waals surface area contributed by atoms with Crippen molar-refractivity contribution in [2.45, 2.75) is 33.6 Å². The van der Waals surface area contributed by atoms with E-state index in [1.165, 1.54) is 0 Å². The Balaban J connectivity index is 2.89. The molecule has 0 unspecified atom stereocenters. The van der Waals surface area contributed by atoms with Crippen LogP contribution in [0.2, 0.25) is 0 Å². The molecule has 0 atom stereocenters. The lowest BCUT2D eigenvalue weighted by Crippen LogP contribution is -1.99. The lowest BCUT2D eigenvalue weighted by atomic mass is 10.1. The second-order valence-electron chi connectivity index (χ2n) is 3.72. The molecule has 0 aliphatic carbocycles. The third-order valence-corrected chi connectivity index (χ3v) is 2.43. The summed E-state index contributed by atoms with van der Waals surface area (Å²) in [4.78, 5) is 0. The lowest BCUT2D eigenvalue weighted by molar-refractivity contribution is 0.303. The van der Waals surface area contributed by atoms with E-state index >= 15 is 0 Å². The molecule has 1 aromatic carbocycles. The van der Waals surface area contributed by atoms with E-state index in [0.717, 1.165) is 12.8 Å². The molecule has 0 aliphatic rings. The summed E-state index contributed by atoms with van der Waals surface area (Å²) in [6.45, 7) is 6.20. The van der Waals surface area contributed by atoms with Gasteiger partial charge in [-0.2, -0.15) is 0 Å². The van der Waals surface area contributed by atoms with Crippen molar-refractivity contribution in [1.29, 1.82) is 0 Å². The highest BCUT2D eigenvalue weighted by atomic mass is 16.5. The molecule has 2 N–H and O–H groups in total. The van der Waals surface area contributed by atoms with E-state index in [1.54, 1.807) is 19.9 Å². The number of unbranched alkanes of at least 4 members (excludes halogenated alkanes) is 1. The Morgan fingerprint density at radius 1 is 1.20 bits per heavy atom. The average molecular weight is 210 g/mol. The summed E-state index contributed by atoms with van der Waals surface area (Å²) in [7, 11) is 0. The summed E-state index contributed by atoms with van der Waals surface area (Å²) in [6.07, 6.45) is 2.06. The minimum absolute atomic E-state index is 0.0599. The van der Waals surface area contributed by atoms with Gasteiger partial charge in [-0.3, -0.25) is 0 Å². The number of phenols is 2. The molecule has 0 radical (unpaired) electrons. The van der Waals surface area contributed by atoms with E-state index in [2.05, 4.69) is 6.92 Å². The summed E-state index contributed by atoms with van der Waals surface area (Å²) < 4.78 is 5.52. The number of phenolic OH excluding ortho intramolecular Hbond substituents is 2. The predicted molar refractivity (Wildman–Crippen MR) is 59.6 cm³/mol. The zero-order valence-corrected chi connectivity index (χ0v) is 9.50. The van der Waals surface area contributed by atoms with Crippen molar-refractivity contribution < 1.29 is 14.9 Å². The largest absolute Gasteiger partial charge is 0.504 e. The van der Waals surface area contributed by atoms with Gasteiger partial charge >= 0.3 is 0 Å². The van der Waals surface area contributed by atoms with Gasteiger partial charge in [0.1, 0.15) is 5.75 Å². The maximum absolute atomic E-state index is 9.59. The smallest absolute Gasteiger partial charge is 0.164 e. The van der Waals surface area contributed by atoms with Gasteiger partial charge in [0.15, 0.2) is 11.5 Å². The first-order valence-corrected chi connectivity index (χ1v) is 5.22. The zero-order valence-electron chi connectivity index (χ0n) is 9.50. The maximum Gasteiger partial charge on any atom is 0.164 e. The zero-order chi connectivity index (χ0) is 11.4. The molecule has 0 bridgehead atoms. The molecule has 0 saturated carbocycles. The lowest BCUT2D eigenvalue weighted by Gasteiger charge is -2.12. The highest BCUT2D eigenvalue weighted by Gasteiger charge is 2.12. The Bertz CT molecular complexity index is 345. The summed E-state index contributed by atoms with van der Waals surface area (Å²) >= 11 is 0. The number of aromatic hydroxyl groups is 2. The van der Waals surface area contributed by atoms with Crippen LogP contribution in [0.1, 0.15) is 30.9 Å². The number of hydrogen-bond acceptors (Lipinski definition) is 3. The third kappa shape index (κ3) is 2.55. The van der Waals surface area contributed by atoms with E-state index < -0.39 is 0 Å². The van der Waals surface area contributed by atoms with Crippen molar-refractivity contribution in [3.8, 4) is 17.2 Å². The number of rotatable bonds is 4. The van der Waals surface area contributed by atoms with E-state index in [-0.39, 0.29) is 11.5 Å². The van der Waals surface area contributed by atoms with E-state index in [0.29, 0.717) is 23.5 Å². The second kappa shape index (κ2) is 4.91. The number of ether oxygens (including phenoxy) is 1. The van der Waals surface area contributed by atoms with Crippen LogP contribution in [-0.2, 0) is 0 Å². The first-order chi connectivity index (χ1) is 7.07. The molecule has 84 valence electrons. The number of hydrogen-bond donors (Lipinski definition) is 2. The van der Waals surface area contributed by atoms with Crippen LogP contribution in [0, 0.1) is 13.8 Å². The van der Waals surface area contributed by atoms with E-state index in [1.807, 2.05) is 0 Å². The molecular formula is C12H18O3. The third-order valence-electron chi connectivity index (χ3n) is 2.43. The molecule has 0 spiro atoms. The van der Waals surface area contributed by atoms with Crippen molar-refractivity contribution in [2.75, 3.05) is 6.61 Å². The molecule has 0 heterocycles. The Morgan fingerprint density at radius 2 is 1.87 bits per heavy atom. The second-order valence-corrected chi connectivity index (χ2v) is 3.72. The van der Waals surface area contributed by atoms with Gasteiger partial charge in [0, 0.05) is 5.56 Å². The topological polar surface area (TPSA) is 49.7 Å². The van der Waals surface area contributed by atoms with Gasteiger partial charge in [-0.05, 0) is 31.9 Å². The summed E-state index contributed by atoms with van der Waals surface area (Å²) in [5.74, 6) is 0.507. The van der Waals surface area contributed by atoms with Crippen molar-refractivity contribution in [2.24, 2.45) is 0 Å². The van der Waals surface area contributed by atoms with Crippen molar-refractivity contribution >= 4 is 0 Å². The summed E-state index contributed by atoms with van der Waals surface area (Å²) in [5, 5.41) is 19.1. The quantitative estimate of drug-likeness (QED) is 0.593. The maximum atomic E-state index is 9.59. The molecule has 3 heteroatoms. The molecule has 1 rings (SSSR count). The van der Waals surface area contributed by atoms with Gasteiger partial charge in [0.05, 0.1) is 6.61 Å². The molecule has 0 fully saturated rings. The standard InChI is InChI=1S/C12H18O3/c1-4-5-6-15-10-7-8(2)11(13)12(14)9(10)3/h7,13-14H,4-6H2,1-3H3. The molecular weight excluding hydrogens is 192 g/mol. The van der Waals surface area contributed by atoms with Gasteiger partial charge in [0.25, 0.3) is 0 Å². The fraction of sp³-hybridized carbons (Fsp3) is 0.500. The Hall–Kier alpha value is -1.38. The molecule has 3 nitrogen and oxygen atoms in total. The van der Waals surface area contributed by atoms with Crippen LogP contribution in [0.4, 0.5) is 0 Å². The molecule has 15 heavy (non-hydrogen) atoms. The van der Waals surface area contributed by atoms with Gasteiger partial charge in [-0.1, -0.05) is 13.3 Å². The van der Waals surface area contributed by atoms with Crippen LogP contribution in [0.25, 0.3) is 0 Å². The van der Waals surface area contributed by atoms with Crippen molar-refractivity contribution in [3.63, 3.8) is 0 Å². The summed E-state index contributed by atoms with van der Waals surface area (Å²) in [6, 6.07) is 1.75. The molecule has 0 aromatic heterocycles. The van der Waals surface area contributed by atoms with Crippen LogP contribution < -0.4 is 4.74 Å². The predicted octanol–water partition coefficient (Wildman–Crippen LogP) is 2.89. The SMILES string of the molecule is CCCCOc1cc(C)c(O)c(O)c1C. The van der Waals surface area contributed by atoms with E-state index in [9.17, 15) is 10.2 Å². The van der Waals surface area contributed by atoms with Crippen LogP contribution >= 0.6 is 0 Å². The number of benzene rings is 1. The minimum Gasteiger partial charge on any atom is -0.504 e. The first-order valence-electron chi connectivity index (χ1n) is 5.22. The Morgan fingerprint density at radius 3 is 2.47 bits per heavy atom. The summed E-state index contributed by atoms with van der Waals surface area (Å²) in [5.41, 5.74) is 1.22. The van der Waals surface area contributed by atoms with Crippen molar-refractivity contribution in [3.05, 3.63) is 17.2 Å². The van der Waals surface area contributed by atoms with E-state index in [4.69, 9.17) is 4.74 Å². The highest BCUT2D eigenvalue weighted by molar-refractivity contribution is 5.55. The Kier molecular flexibility index (Phi) is 3.83. The molecule has 0 amide bonds. The van der Waals surface area contributed by atoms with Crippen LogP contribution in [0.15, 0.2) is 6.07 Å². The van der Waals surface area contributed by atoms with Gasteiger partial charge < -0.3 is 14.9 Å². The molecule has 1 aromatic rings. The van der Waals surface area contributed by atoms with Crippen LogP contribution in [0.5, 0.6) is 17.2 Å². The van der Waals surface area contributed by atoms with Gasteiger partial charge in [-0.25, -0.2) is 0 Å². The molecule has 0 saturated heterocycles. The monoisotopic (exact) mass is 210 g/mol. The molecule has 0 aliphatic heterocycles. The Labute approximate surface area is 90.3 Å². The fourth-order valence-electron chi connectivity index (χ4n) is 1.33. The van der Waals surface area contributed by atoms with Crippen LogP contribution in [-0.4, -0.2) is 16.8 Å². The van der Waals surface area contributed by atoms with Gasteiger partial charge in [0.2, 0.25) is 0 Å². The minimum atomic E-state index is -0.0819. The first kappa shape index (κ1) is 11.7. The van der Waals surface area contributed by atoms with Crippen molar-refractivity contribution in [1.82, 2.24) is 0 Å². The highest BCUT2D eigenvalue weighted by Crippen LogP contribution is 2.38.